The average Bonchev–Trinajstić information content (AvgIpc) is 2.98. The largest absolute Gasteiger partial charge is 0.508 e. The number of aromatic nitrogens is 3. The van der Waals surface area contributed by atoms with Crippen LogP contribution in [0, 0.1) is 0 Å². The Morgan fingerprint density at radius 2 is 1.96 bits per heavy atom. The molecular formula is C16H13Cl2N3O3. The predicted octanol–water partition coefficient (Wildman–Crippen LogP) is 4.60. The molecule has 2 aromatic heterocycles. The molecular weight excluding hydrogens is 353 g/mol. The number of phenols is 1. The van der Waals surface area contributed by atoms with Gasteiger partial charge in [0.05, 0.1) is 16.7 Å². The van der Waals surface area contributed by atoms with Crippen molar-refractivity contribution in [3.63, 3.8) is 0 Å². The molecule has 124 valence electrons. The standard InChI is InChI=1S/C16H13Cl2N3O3/c1-8(2)23-16-13(18)5-9(7-19-16)15-20-14(21-24-15)11-4-3-10(22)6-12(11)17/h3-8,22H,1-2H3. The molecule has 0 amide bonds. The minimum absolute atomic E-state index is 0.0347. The van der Waals surface area contributed by atoms with Crippen LogP contribution in [0.15, 0.2) is 35.0 Å². The third kappa shape index (κ3) is 3.44. The van der Waals surface area contributed by atoms with E-state index in [0.717, 1.165) is 0 Å². The minimum Gasteiger partial charge on any atom is -0.508 e. The Hall–Kier alpha value is -2.31. The third-order valence-electron chi connectivity index (χ3n) is 3.02. The number of benzene rings is 1. The van der Waals surface area contributed by atoms with Gasteiger partial charge in [0, 0.05) is 11.8 Å². The maximum Gasteiger partial charge on any atom is 0.259 e. The van der Waals surface area contributed by atoms with Crippen molar-refractivity contribution in [1.29, 1.82) is 0 Å². The quantitative estimate of drug-likeness (QED) is 0.727. The van der Waals surface area contributed by atoms with E-state index < -0.39 is 0 Å². The number of hydrogen-bond acceptors (Lipinski definition) is 6. The minimum atomic E-state index is -0.0347. The van der Waals surface area contributed by atoms with Gasteiger partial charge in [-0.25, -0.2) is 4.98 Å². The molecule has 0 atom stereocenters. The van der Waals surface area contributed by atoms with Crippen LogP contribution in [-0.2, 0) is 0 Å². The van der Waals surface area contributed by atoms with E-state index in [-0.39, 0.29) is 17.7 Å². The normalized spacial score (nSPS) is 11.0. The average molecular weight is 366 g/mol. The van der Waals surface area contributed by atoms with Crippen molar-refractivity contribution in [2.24, 2.45) is 0 Å². The number of rotatable bonds is 4. The fourth-order valence-corrected chi connectivity index (χ4v) is 2.46. The summed E-state index contributed by atoms with van der Waals surface area (Å²) in [6.45, 7) is 3.77. The fraction of sp³-hybridized carbons (Fsp3) is 0.188. The van der Waals surface area contributed by atoms with Crippen LogP contribution in [0.5, 0.6) is 11.6 Å². The van der Waals surface area contributed by atoms with Crippen molar-refractivity contribution in [1.82, 2.24) is 15.1 Å². The molecule has 0 spiro atoms. The molecule has 6 nitrogen and oxygen atoms in total. The van der Waals surface area contributed by atoms with Crippen molar-refractivity contribution in [3.8, 4) is 34.5 Å². The van der Waals surface area contributed by atoms with Crippen molar-refractivity contribution in [2.75, 3.05) is 0 Å². The zero-order chi connectivity index (χ0) is 17.3. The summed E-state index contributed by atoms with van der Waals surface area (Å²) in [7, 11) is 0. The predicted molar refractivity (Wildman–Crippen MR) is 90.4 cm³/mol. The maximum absolute atomic E-state index is 9.40. The maximum atomic E-state index is 9.40. The van der Waals surface area contributed by atoms with Crippen molar-refractivity contribution < 1.29 is 14.4 Å². The van der Waals surface area contributed by atoms with E-state index in [4.69, 9.17) is 32.5 Å². The molecule has 0 saturated carbocycles. The molecule has 1 aromatic carbocycles. The molecule has 3 rings (SSSR count). The summed E-state index contributed by atoms with van der Waals surface area (Å²) in [4.78, 5) is 8.45. The van der Waals surface area contributed by atoms with E-state index in [1.165, 1.54) is 12.1 Å². The first-order chi connectivity index (χ1) is 11.4. The summed E-state index contributed by atoms with van der Waals surface area (Å²) >= 11 is 12.2. The second-order valence-corrected chi connectivity index (χ2v) is 6.08. The lowest BCUT2D eigenvalue weighted by Gasteiger charge is -2.09. The topological polar surface area (TPSA) is 81.3 Å². The Labute approximate surface area is 148 Å². The first kappa shape index (κ1) is 16.5. The van der Waals surface area contributed by atoms with Crippen molar-refractivity contribution >= 4 is 23.2 Å². The van der Waals surface area contributed by atoms with Gasteiger partial charge in [-0.05, 0) is 38.1 Å². The molecule has 1 N–H and O–H groups in total. The van der Waals surface area contributed by atoms with Crippen molar-refractivity contribution in [2.45, 2.75) is 20.0 Å². The highest BCUT2D eigenvalue weighted by Gasteiger charge is 2.16. The zero-order valence-electron chi connectivity index (χ0n) is 12.8. The monoisotopic (exact) mass is 365 g/mol. The molecule has 24 heavy (non-hydrogen) atoms. The smallest absolute Gasteiger partial charge is 0.259 e. The summed E-state index contributed by atoms with van der Waals surface area (Å²) in [6, 6.07) is 6.15. The van der Waals surface area contributed by atoms with Gasteiger partial charge < -0.3 is 14.4 Å². The van der Waals surface area contributed by atoms with E-state index in [0.29, 0.717) is 32.9 Å². The lowest BCUT2D eigenvalue weighted by molar-refractivity contribution is 0.233. The van der Waals surface area contributed by atoms with Gasteiger partial charge in [0.15, 0.2) is 0 Å². The van der Waals surface area contributed by atoms with Gasteiger partial charge >= 0.3 is 0 Å². The highest BCUT2D eigenvalue weighted by molar-refractivity contribution is 6.33. The van der Waals surface area contributed by atoms with E-state index >= 15 is 0 Å². The van der Waals surface area contributed by atoms with E-state index in [2.05, 4.69) is 15.1 Å². The number of nitrogens with zero attached hydrogens (tertiary/aromatic N) is 3. The molecule has 3 aromatic rings. The molecule has 8 heteroatoms. The van der Waals surface area contributed by atoms with Gasteiger partial charge in [0.1, 0.15) is 10.8 Å². The second kappa shape index (κ2) is 6.67. The van der Waals surface area contributed by atoms with Gasteiger partial charge in [-0.3, -0.25) is 0 Å². The van der Waals surface area contributed by atoms with Crippen LogP contribution in [0.25, 0.3) is 22.8 Å². The molecule has 2 heterocycles. The molecule has 0 unspecified atom stereocenters. The Kier molecular flexibility index (Phi) is 4.59. The number of pyridine rings is 1. The second-order valence-electron chi connectivity index (χ2n) is 5.26. The summed E-state index contributed by atoms with van der Waals surface area (Å²) in [5, 5.41) is 14.0. The highest BCUT2D eigenvalue weighted by atomic mass is 35.5. The molecule has 0 fully saturated rings. The van der Waals surface area contributed by atoms with Crippen LogP contribution in [0.3, 0.4) is 0 Å². The van der Waals surface area contributed by atoms with E-state index in [9.17, 15) is 5.11 Å². The molecule has 0 saturated heterocycles. The lowest BCUT2D eigenvalue weighted by Crippen LogP contribution is -2.07. The third-order valence-corrected chi connectivity index (χ3v) is 3.60. The van der Waals surface area contributed by atoms with Gasteiger partial charge in [0.25, 0.3) is 5.89 Å². The fourth-order valence-electron chi connectivity index (χ4n) is 1.99. The molecule has 0 aliphatic carbocycles. The number of aromatic hydroxyl groups is 1. The van der Waals surface area contributed by atoms with Gasteiger partial charge in [-0.2, -0.15) is 4.98 Å². The first-order valence-corrected chi connectivity index (χ1v) is 7.85. The van der Waals surface area contributed by atoms with Crippen molar-refractivity contribution in [3.05, 3.63) is 40.5 Å². The van der Waals surface area contributed by atoms with Gasteiger partial charge in [-0.1, -0.05) is 28.4 Å². The van der Waals surface area contributed by atoms with Gasteiger partial charge in [0.2, 0.25) is 11.7 Å². The van der Waals surface area contributed by atoms with Gasteiger partial charge in [-0.15, -0.1) is 0 Å². The van der Waals surface area contributed by atoms with Crippen LogP contribution in [-0.4, -0.2) is 26.3 Å². The number of hydrogen-bond donors (Lipinski definition) is 1. The Morgan fingerprint density at radius 1 is 1.17 bits per heavy atom. The summed E-state index contributed by atoms with van der Waals surface area (Å²) in [5.41, 5.74) is 1.10. The Bertz CT molecular complexity index is 881. The number of halogens is 2. The first-order valence-electron chi connectivity index (χ1n) is 7.09. The van der Waals surface area contributed by atoms with Crippen LogP contribution < -0.4 is 4.74 Å². The number of phenolic OH excluding ortho intramolecular Hbond substituents is 1. The molecule has 0 aliphatic rings. The Balaban J connectivity index is 1.92. The Morgan fingerprint density at radius 3 is 2.62 bits per heavy atom. The SMILES string of the molecule is CC(C)Oc1ncc(-c2nc(-c3ccc(O)cc3Cl)no2)cc1Cl. The zero-order valence-corrected chi connectivity index (χ0v) is 14.3. The lowest BCUT2D eigenvalue weighted by atomic mass is 10.2. The molecule has 0 aliphatic heterocycles. The van der Waals surface area contributed by atoms with Crippen LogP contribution in [0.1, 0.15) is 13.8 Å². The summed E-state index contributed by atoms with van der Waals surface area (Å²) in [5.74, 6) is 0.953. The van der Waals surface area contributed by atoms with Crippen LogP contribution >= 0.6 is 23.2 Å². The summed E-state index contributed by atoms with van der Waals surface area (Å²) in [6.07, 6.45) is 1.51. The van der Waals surface area contributed by atoms with Crippen LogP contribution in [0.4, 0.5) is 0 Å². The molecule has 0 bridgehead atoms. The molecule has 0 radical (unpaired) electrons. The van der Waals surface area contributed by atoms with E-state index in [1.54, 1.807) is 18.3 Å². The van der Waals surface area contributed by atoms with Crippen LogP contribution in [0.2, 0.25) is 10.0 Å². The van der Waals surface area contributed by atoms with E-state index in [1.807, 2.05) is 13.8 Å². The number of ether oxygens (including phenoxy) is 1. The summed E-state index contributed by atoms with van der Waals surface area (Å²) < 4.78 is 10.7. The highest BCUT2D eigenvalue weighted by Crippen LogP contribution is 2.32.